The fourth-order valence-corrected chi connectivity index (χ4v) is 2.34. The van der Waals surface area contributed by atoms with E-state index >= 15 is 0 Å². The van der Waals surface area contributed by atoms with Crippen LogP contribution >= 0.6 is 0 Å². The summed E-state index contributed by atoms with van der Waals surface area (Å²) in [5.41, 5.74) is 0.279. The molecule has 0 radical (unpaired) electrons. The average Bonchev–Trinajstić information content (AvgIpc) is 3.12. The molecule has 0 saturated carbocycles. The lowest BCUT2D eigenvalue weighted by Gasteiger charge is -2.23. The summed E-state index contributed by atoms with van der Waals surface area (Å²) in [6, 6.07) is 1.67. The molecule has 1 aromatic rings. The molecule has 2 heterocycles. The van der Waals surface area contributed by atoms with Crippen LogP contribution in [0.15, 0.2) is 23.2 Å². The highest BCUT2D eigenvalue weighted by Crippen LogP contribution is 2.17. The highest BCUT2D eigenvalue weighted by Gasteiger charge is 2.27. The van der Waals surface area contributed by atoms with Crippen LogP contribution in [-0.4, -0.2) is 41.0 Å². The normalized spacial score (nSPS) is 18.1. The van der Waals surface area contributed by atoms with Gasteiger partial charge in [-0.3, -0.25) is 9.59 Å². The summed E-state index contributed by atoms with van der Waals surface area (Å²) in [6.07, 6.45) is 3.85. The molecule has 0 aromatic carbocycles. The van der Waals surface area contributed by atoms with Gasteiger partial charge in [0, 0.05) is 31.6 Å². The highest BCUT2D eigenvalue weighted by atomic mass is 16.5. The van der Waals surface area contributed by atoms with E-state index in [0.717, 1.165) is 19.4 Å². The van der Waals surface area contributed by atoms with Gasteiger partial charge in [-0.1, -0.05) is 18.7 Å². The number of carbonyl (C=O) groups excluding carboxylic acids is 2. The van der Waals surface area contributed by atoms with Crippen LogP contribution in [0.2, 0.25) is 0 Å². The summed E-state index contributed by atoms with van der Waals surface area (Å²) >= 11 is 0. The summed E-state index contributed by atoms with van der Waals surface area (Å²) in [5, 5.41) is 6.52. The molecule has 1 fully saturated rings. The first-order chi connectivity index (χ1) is 9.65. The molecule has 1 unspecified atom stereocenters. The van der Waals surface area contributed by atoms with E-state index in [4.69, 9.17) is 4.52 Å². The molecule has 20 heavy (non-hydrogen) atoms. The van der Waals surface area contributed by atoms with E-state index in [1.807, 2.05) is 6.92 Å². The second-order valence-electron chi connectivity index (χ2n) is 4.77. The van der Waals surface area contributed by atoms with E-state index < -0.39 is 0 Å². The fraction of sp³-hybridized carbons (Fsp3) is 0.500. The Morgan fingerprint density at radius 3 is 3.10 bits per heavy atom. The van der Waals surface area contributed by atoms with Crippen molar-refractivity contribution in [2.75, 3.05) is 13.1 Å². The van der Waals surface area contributed by atoms with Gasteiger partial charge < -0.3 is 14.7 Å². The van der Waals surface area contributed by atoms with E-state index in [9.17, 15) is 9.59 Å². The van der Waals surface area contributed by atoms with Crippen molar-refractivity contribution < 1.29 is 14.1 Å². The predicted molar refractivity (Wildman–Crippen MR) is 73.1 cm³/mol. The number of likely N-dealkylation sites (tertiary alicyclic amines) is 1. The minimum atomic E-state index is -0.272. The Balaban J connectivity index is 1.89. The van der Waals surface area contributed by atoms with Gasteiger partial charge in [-0.15, -0.1) is 0 Å². The molecule has 6 heteroatoms. The quantitative estimate of drug-likeness (QED) is 0.819. The van der Waals surface area contributed by atoms with Crippen LogP contribution in [0, 0.1) is 0 Å². The number of hydrogen-bond acceptors (Lipinski definition) is 4. The maximum absolute atomic E-state index is 11.9. The van der Waals surface area contributed by atoms with Crippen molar-refractivity contribution in [2.45, 2.75) is 32.2 Å². The number of nitrogens with one attached hydrogen (secondary N) is 1. The monoisotopic (exact) mass is 277 g/mol. The molecule has 0 spiro atoms. The number of carbonyl (C=O) groups is 2. The summed E-state index contributed by atoms with van der Waals surface area (Å²) in [6.45, 7) is 6.56. The number of nitrogens with zero attached hydrogens (tertiary/aromatic N) is 2. The molecule has 1 aliphatic rings. The second kappa shape index (κ2) is 6.36. The van der Waals surface area contributed by atoms with Gasteiger partial charge in [0.1, 0.15) is 5.76 Å². The van der Waals surface area contributed by atoms with E-state index in [1.54, 1.807) is 11.0 Å². The van der Waals surface area contributed by atoms with Gasteiger partial charge in [0.05, 0.1) is 0 Å². The van der Waals surface area contributed by atoms with Crippen LogP contribution in [0.1, 0.15) is 36.0 Å². The van der Waals surface area contributed by atoms with E-state index in [-0.39, 0.29) is 23.6 Å². The molecule has 1 N–H and O–H groups in total. The molecule has 1 aliphatic heterocycles. The standard InChI is InChI=1S/C14H19N3O3/c1-3-11-8-12(16-20-11)14(19)15-9-10-6-5-7-17(10)13(18)4-2/h4,8,10H,2-3,5-7,9H2,1H3,(H,15,19). The van der Waals surface area contributed by atoms with Gasteiger partial charge in [0.25, 0.3) is 5.91 Å². The smallest absolute Gasteiger partial charge is 0.273 e. The van der Waals surface area contributed by atoms with Gasteiger partial charge >= 0.3 is 0 Å². The summed E-state index contributed by atoms with van der Waals surface area (Å²) in [7, 11) is 0. The second-order valence-corrected chi connectivity index (χ2v) is 4.77. The Bertz CT molecular complexity index is 510. The third-order valence-corrected chi connectivity index (χ3v) is 3.47. The summed E-state index contributed by atoms with van der Waals surface area (Å²) < 4.78 is 4.99. The third-order valence-electron chi connectivity index (χ3n) is 3.47. The molecule has 2 rings (SSSR count). The third kappa shape index (κ3) is 3.07. The van der Waals surface area contributed by atoms with Crippen LogP contribution in [0.5, 0.6) is 0 Å². The van der Waals surface area contributed by atoms with E-state index in [2.05, 4.69) is 17.1 Å². The Labute approximate surface area is 117 Å². The van der Waals surface area contributed by atoms with Crippen LogP contribution < -0.4 is 5.32 Å². The zero-order valence-corrected chi connectivity index (χ0v) is 11.6. The van der Waals surface area contributed by atoms with Crippen LogP contribution in [-0.2, 0) is 11.2 Å². The molecule has 2 amide bonds. The SMILES string of the molecule is C=CC(=O)N1CCCC1CNC(=O)c1cc(CC)on1. The zero-order chi connectivity index (χ0) is 14.5. The molecule has 6 nitrogen and oxygen atoms in total. The van der Waals surface area contributed by atoms with E-state index in [0.29, 0.717) is 18.7 Å². The van der Waals surface area contributed by atoms with Gasteiger partial charge in [-0.2, -0.15) is 0 Å². The Hall–Kier alpha value is -2.11. The Morgan fingerprint density at radius 1 is 1.65 bits per heavy atom. The van der Waals surface area contributed by atoms with E-state index in [1.165, 1.54) is 6.08 Å². The minimum Gasteiger partial charge on any atom is -0.361 e. The Morgan fingerprint density at radius 2 is 2.45 bits per heavy atom. The lowest BCUT2D eigenvalue weighted by atomic mass is 10.2. The van der Waals surface area contributed by atoms with Crippen LogP contribution in [0.3, 0.4) is 0 Å². The van der Waals surface area contributed by atoms with Crippen LogP contribution in [0.4, 0.5) is 0 Å². The Kier molecular flexibility index (Phi) is 4.55. The first-order valence-corrected chi connectivity index (χ1v) is 6.82. The first-order valence-electron chi connectivity index (χ1n) is 6.82. The van der Waals surface area contributed by atoms with Gasteiger partial charge in [-0.05, 0) is 18.9 Å². The molecule has 0 aliphatic carbocycles. The van der Waals surface area contributed by atoms with Gasteiger partial charge in [0.2, 0.25) is 5.91 Å². The van der Waals surface area contributed by atoms with Crippen molar-refractivity contribution in [1.82, 2.24) is 15.4 Å². The number of hydrogen-bond donors (Lipinski definition) is 1. The van der Waals surface area contributed by atoms with Gasteiger partial charge in [-0.25, -0.2) is 0 Å². The molecular weight excluding hydrogens is 258 g/mol. The molecule has 1 saturated heterocycles. The average molecular weight is 277 g/mol. The lowest BCUT2D eigenvalue weighted by molar-refractivity contribution is -0.126. The summed E-state index contributed by atoms with van der Waals surface area (Å²) in [4.78, 5) is 25.3. The van der Waals surface area contributed by atoms with Crippen molar-refractivity contribution in [3.05, 3.63) is 30.2 Å². The molecular formula is C14H19N3O3. The lowest BCUT2D eigenvalue weighted by Crippen LogP contribution is -2.42. The topological polar surface area (TPSA) is 75.4 Å². The van der Waals surface area contributed by atoms with Crippen molar-refractivity contribution in [2.24, 2.45) is 0 Å². The molecule has 1 atom stereocenters. The zero-order valence-electron chi connectivity index (χ0n) is 11.6. The maximum atomic E-state index is 11.9. The highest BCUT2D eigenvalue weighted by molar-refractivity contribution is 5.92. The van der Waals surface area contributed by atoms with Crippen LogP contribution in [0.25, 0.3) is 0 Å². The number of amides is 2. The van der Waals surface area contributed by atoms with Crippen molar-refractivity contribution >= 4 is 11.8 Å². The van der Waals surface area contributed by atoms with Crippen molar-refractivity contribution in [3.63, 3.8) is 0 Å². The maximum Gasteiger partial charge on any atom is 0.273 e. The summed E-state index contributed by atoms with van der Waals surface area (Å²) in [5.74, 6) is 0.322. The molecule has 1 aromatic heterocycles. The largest absolute Gasteiger partial charge is 0.361 e. The number of rotatable bonds is 5. The predicted octanol–water partition coefficient (Wildman–Crippen LogP) is 1.14. The number of aryl methyl sites for hydroxylation is 1. The number of aromatic nitrogens is 1. The van der Waals surface area contributed by atoms with Gasteiger partial charge in [0.15, 0.2) is 5.69 Å². The fourth-order valence-electron chi connectivity index (χ4n) is 2.34. The van der Waals surface area contributed by atoms with Crippen molar-refractivity contribution in [1.29, 1.82) is 0 Å². The van der Waals surface area contributed by atoms with Crippen molar-refractivity contribution in [3.8, 4) is 0 Å². The first kappa shape index (κ1) is 14.3. The molecule has 108 valence electrons. The minimum absolute atomic E-state index is 0.0296. The molecule has 0 bridgehead atoms.